The van der Waals surface area contributed by atoms with Crippen molar-refractivity contribution in [2.75, 3.05) is 6.61 Å². The predicted molar refractivity (Wildman–Crippen MR) is 130 cm³/mol. The van der Waals surface area contributed by atoms with E-state index in [0.29, 0.717) is 12.5 Å². The van der Waals surface area contributed by atoms with Gasteiger partial charge in [0.25, 0.3) is 0 Å². The van der Waals surface area contributed by atoms with Crippen molar-refractivity contribution in [3.63, 3.8) is 0 Å². The molecule has 0 heterocycles. The molecular formula is C27H38N2O3. The Morgan fingerprint density at radius 1 is 0.844 bits per heavy atom. The molecular weight excluding hydrogens is 400 g/mol. The summed E-state index contributed by atoms with van der Waals surface area (Å²) in [6.45, 7) is 10.8. The highest BCUT2D eigenvalue weighted by Gasteiger charge is 2.26. The Bertz CT molecular complexity index is 836. The average Bonchev–Trinajstić information content (AvgIpc) is 2.81. The Morgan fingerprint density at radius 2 is 1.50 bits per heavy atom. The zero-order chi connectivity index (χ0) is 23.5. The molecule has 2 N–H and O–H groups in total. The predicted octanol–water partition coefficient (Wildman–Crippen LogP) is 5.38. The van der Waals surface area contributed by atoms with Gasteiger partial charge < -0.3 is 15.4 Å². The molecule has 32 heavy (non-hydrogen) atoms. The lowest BCUT2D eigenvalue weighted by Crippen LogP contribution is -2.44. The lowest BCUT2D eigenvalue weighted by atomic mass is 9.98. The molecule has 0 spiro atoms. The van der Waals surface area contributed by atoms with Gasteiger partial charge in [-0.05, 0) is 55.9 Å². The molecule has 5 heteroatoms. The molecule has 0 saturated carbocycles. The highest BCUT2D eigenvalue weighted by molar-refractivity contribution is 5.91. The van der Waals surface area contributed by atoms with Crippen LogP contribution in [0.4, 0.5) is 0 Å². The number of hydrogen-bond acceptors (Lipinski definition) is 3. The van der Waals surface area contributed by atoms with E-state index in [1.807, 2.05) is 75.4 Å². The molecule has 0 saturated heterocycles. The van der Waals surface area contributed by atoms with Gasteiger partial charge in [-0.3, -0.25) is 9.59 Å². The van der Waals surface area contributed by atoms with Gasteiger partial charge in [-0.2, -0.15) is 0 Å². The molecule has 0 radical (unpaired) electrons. The summed E-state index contributed by atoms with van der Waals surface area (Å²) in [6.07, 6.45) is 3.08. The van der Waals surface area contributed by atoms with Gasteiger partial charge in [-0.25, -0.2) is 0 Å². The van der Waals surface area contributed by atoms with Gasteiger partial charge in [0.1, 0.15) is 11.8 Å². The average molecular weight is 439 g/mol. The van der Waals surface area contributed by atoms with Crippen LogP contribution >= 0.6 is 0 Å². The molecule has 0 aliphatic carbocycles. The second kappa shape index (κ2) is 12.9. The second-order valence-electron chi connectivity index (χ2n) is 8.67. The Balaban J connectivity index is 2.15. The Labute approximate surface area is 192 Å². The maximum atomic E-state index is 13.0. The molecule has 0 aliphatic heterocycles. The zero-order valence-corrected chi connectivity index (χ0v) is 20.1. The van der Waals surface area contributed by atoms with Gasteiger partial charge in [-0.1, -0.05) is 69.7 Å². The van der Waals surface area contributed by atoms with Crippen LogP contribution in [0.5, 0.6) is 5.75 Å². The van der Waals surface area contributed by atoms with E-state index >= 15 is 0 Å². The first-order valence-corrected chi connectivity index (χ1v) is 11.7. The van der Waals surface area contributed by atoms with E-state index < -0.39 is 6.04 Å². The summed E-state index contributed by atoms with van der Waals surface area (Å²) in [4.78, 5) is 26.0. The fraction of sp³-hybridized carbons (Fsp3) is 0.481. The molecule has 2 unspecified atom stereocenters. The van der Waals surface area contributed by atoms with Crippen molar-refractivity contribution < 1.29 is 14.3 Å². The molecule has 2 aromatic rings. The molecule has 0 bridgehead atoms. The Kier molecular flexibility index (Phi) is 10.3. The number of ether oxygens (including phenoxy) is 1. The summed E-state index contributed by atoms with van der Waals surface area (Å²) in [7, 11) is 0. The number of carbonyl (C=O) groups excluding carboxylic acids is 2. The summed E-state index contributed by atoms with van der Waals surface area (Å²) in [5, 5.41) is 5.95. The van der Waals surface area contributed by atoms with Crippen LogP contribution in [0.25, 0.3) is 0 Å². The Hall–Kier alpha value is -2.82. The molecule has 2 amide bonds. The van der Waals surface area contributed by atoms with Crippen molar-refractivity contribution in [3.05, 3.63) is 65.7 Å². The third-order valence-electron chi connectivity index (χ3n) is 5.77. The van der Waals surface area contributed by atoms with Crippen molar-refractivity contribution in [2.24, 2.45) is 5.92 Å². The lowest BCUT2D eigenvalue weighted by Gasteiger charge is -2.23. The Morgan fingerprint density at radius 3 is 2.09 bits per heavy atom. The SMILES string of the molecule is CCCC(C)COc1ccc([C@@H](NC(=O)[C@@H](C)c2ccccc2)C(=O)NC(C)CC)cc1. The topological polar surface area (TPSA) is 67.4 Å². The van der Waals surface area contributed by atoms with Crippen molar-refractivity contribution in [3.8, 4) is 5.75 Å². The number of rotatable bonds is 12. The van der Waals surface area contributed by atoms with E-state index in [-0.39, 0.29) is 23.8 Å². The van der Waals surface area contributed by atoms with Crippen LogP contribution in [0.15, 0.2) is 54.6 Å². The largest absolute Gasteiger partial charge is 0.493 e. The highest BCUT2D eigenvalue weighted by atomic mass is 16.5. The van der Waals surface area contributed by atoms with Crippen LogP contribution < -0.4 is 15.4 Å². The van der Waals surface area contributed by atoms with E-state index in [4.69, 9.17) is 4.74 Å². The maximum absolute atomic E-state index is 13.0. The lowest BCUT2D eigenvalue weighted by molar-refractivity contribution is -0.130. The first-order valence-electron chi connectivity index (χ1n) is 11.7. The molecule has 4 atom stereocenters. The molecule has 0 aromatic heterocycles. The summed E-state index contributed by atoms with van der Waals surface area (Å²) in [6, 6.07) is 16.3. The number of carbonyl (C=O) groups is 2. The summed E-state index contributed by atoms with van der Waals surface area (Å²) >= 11 is 0. The fourth-order valence-corrected chi connectivity index (χ4v) is 3.46. The van der Waals surface area contributed by atoms with Gasteiger partial charge in [0.05, 0.1) is 12.5 Å². The van der Waals surface area contributed by atoms with Gasteiger partial charge >= 0.3 is 0 Å². The standard InChI is InChI=1S/C27H38N2O3/c1-6-11-19(3)18-32-24-16-14-23(15-17-24)25(27(31)28-20(4)7-2)29-26(30)21(5)22-12-9-8-10-13-22/h8-10,12-17,19-21,25H,6-7,11,18H2,1-5H3,(H,28,31)(H,29,30)/t19?,20?,21-,25+/m0/s1. The quantitative estimate of drug-likeness (QED) is 0.468. The molecule has 0 fully saturated rings. The fourth-order valence-electron chi connectivity index (χ4n) is 3.46. The van der Waals surface area contributed by atoms with Crippen LogP contribution in [0.3, 0.4) is 0 Å². The van der Waals surface area contributed by atoms with Gasteiger partial charge in [0.2, 0.25) is 11.8 Å². The minimum absolute atomic E-state index is 0.0242. The first-order chi connectivity index (χ1) is 15.3. The van der Waals surface area contributed by atoms with E-state index in [9.17, 15) is 9.59 Å². The molecule has 5 nitrogen and oxygen atoms in total. The molecule has 2 aromatic carbocycles. The zero-order valence-electron chi connectivity index (χ0n) is 20.1. The van der Waals surface area contributed by atoms with E-state index in [1.54, 1.807) is 0 Å². The third-order valence-corrected chi connectivity index (χ3v) is 5.77. The number of benzene rings is 2. The molecule has 0 aliphatic rings. The smallest absolute Gasteiger partial charge is 0.247 e. The minimum Gasteiger partial charge on any atom is -0.493 e. The van der Waals surface area contributed by atoms with E-state index in [0.717, 1.165) is 36.1 Å². The van der Waals surface area contributed by atoms with Gasteiger partial charge in [0.15, 0.2) is 0 Å². The monoisotopic (exact) mass is 438 g/mol. The molecule has 2 rings (SSSR count). The van der Waals surface area contributed by atoms with Crippen LogP contribution in [0, 0.1) is 5.92 Å². The third kappa shape index (κ3) is 7.70. The number of amides is 2. The number of hydrogen-bond donors (Lipinski definition) is 2. The van der Waals surface area contributed by atoms with Crippen LogP contribution in [0.2, 0.25) is 0 Å². The second-order valence-corrected chi connectivity index (χ2v) is 8.67. The van der Waals surface area contributed by atoms with E-state index in [1.165, 1.54) is 0 Å². The van der Waals surface area contributed by atoms with Crippen LogP contribution in [0.1, 0.15) is 77.0 Å². The number of nitrogens with one attached hydrogen (secondary N) is 2. The van der Waals surface area contributed by atoms with Gasteiger partial charge in [0, 0.05) is 6.04 Å². The van der Waals surface area contributed by atoms with E-state index in [2.05, 4.69) is 24.5 Å². The van der Waals surface area contributed by atoms with Crippen LogP contribution in [-0.2, 0) is 9.59 Å². The normalized spacial score (nSPS) is 14.7. The summed E-state index contributed by atoms with van der Waals surface area (Å²) in [5.74, 6) is 0.499. The van der Waals surface area contributed by atoms with Gasteiger partial charge in [-0.15, -0.1) is 0 Å². The maximum Gasteiger partial charge on any atom is 0.247 e. The molecule has 174 valence electrons. The highest BCUT2D eigenvalue weighted by Crippen LogP contribution is 2.22. The van der Waals surface area contributed by atoms with Crippen molar-refractivity contribution in [2.45, 2.75) is 71.9 Å². The van der Waals surface area contributed by atoms with Crippen molar-refractivity contribution in [1.82, 2.24) is 10.6 Å². The minimum atomic E-state index is -0.768. The summed E-state index contributed by atoms with van der Waals surface area (Å²) < 4.78 is 5.89. The summed E-state index contributed by atoms with van der Waals surface area (Å²) in [5.41, 5.74) is 1.64. The van der Waals surface area contributed by atoms with Crippen molar-refractivity contribution in [1.29, 1.82) is 0 Å². The van der Waals surface area contributed by atoms with Crippen molar-refractivity contribution >= 4 is 11.8 Å². The first kappa shape index (κ1) is 25.4. The van der Waals surface area contributed by atoms with Crippen LogP contribution in [-0.4, -0.2) is 24.5 Å².